The number of nitrogens with zero attached hydrogens (tertiary/aromatic N) is 3. The van der Waals surface area contributed by atoms with Crippen LogP contribution in [0.15, 0.2) is 42.5 Å². The fraction of sp³-hybridized carbons (Fsp3) is 0.300. The molecule has 28 heavy (non-hydrogen) atoms. The Morgan fingerprint density at radius 1 is 1.07 bits per heavy atom. The van der Waals surface area contributed by atoms with Gasteiger partial charge in [0.25, 0.3) is 5.91 Å². The third kappa shape index (κ3) is 4.02. The fourth-order valence-electron chi connectivity index (χ4n) is 3.34. The van der Waals surface area contributed by atoms with Gasteiger partial charge in [0.05, 0.1) is 25.3 Å². The Morgan fingerprint density at radius 3 is 2.54 bits per heavy atom. The monoisotopic (exact) mass is 386 g/mol. The molecule has 8 heteroatoms. The van der Waals surface area contributed by atoms with Gasteiger partial charge in [-0.05, 0) is 18.2 Å². The number of halogens is 2. The van der Waals surface area contributed by atoms with E-state index >= 15 is 0 Å². The number of ether oxygens (including phenoxy) is 1. The van der Waals surface area contributed by atoms with Crippen molar-refractivity contribution in [2.24, 2.45) is 0 Å². The van der Waals surface area contributed by atoms with E-state index < -0.39 is 17.5 Å². The molecule has 1 N–H and O–H groups in total. The van der Waals surface area contributed by atoms with E-state index in [9.17, 15) is 13.6 Å². The van der Waals surface area contributed by atoms with E-state index in [1.165, 1.54) is 0 Å². The molecule has 2 heterocycles. The largest absolute Gasteiger partial charge is 0.379 e. The molecule has 2 aromatic carbocycles. The van der Waals surface area contributed by atoms with E-state index in [0.717, 1.165) is 56.6 Å². The van der Waals surface area contributed by atoms with Crippen molar-refractivity contribution in [2.75, 3.05) is 38.2 Å². The zero-order chi connectivity index (χ0) is 19.5. The highest BCUT2D eigenvalue weighted by Crippen LogP contribution is 2.21. The summed E-state index contributed by atoms with van der Waals surface area (Å²) in [5.41, 5.74) is 1.11. The lowest BCUT2D eigenvalue weighted by atomic mass is 10.2. The van der Waals surface area contributed by atoms with Gasteiger partial charge in [-0.15, -0.1) is 0 Å². The Morgan fingerprint density at radius 2 is 1.79 bits per heavy atom. The molecule has 1 aromatic heterocycles. The molecular weight excluding hydrogens is 366 g/mol. The summed E-state index contributed by atoms with van der Waals surface area (Å²) in [5, 5.41) is 7.70. The number of fused-ring (bicyclic) bond motifs is 1. The van der Waals surface area contributed by atoms with Gasteiger partial charge in [-0.25, -0.2) is 8.78 Å². The third-order valence-corrected chi connectivity index (χ3v) is 4.73. The second kappa shape index (κ2) is 8.04. The standard InChI is InChI=1S/C20H20F2N4O2/c21-14-11-15(22)13-16(12-14)23-20(27)19-17-3-1-2-4-18(17)26(24-19)6-5-25-7-9-28-10-8-25/h1-4,11-13H,5-10H2,(H,23,27). The van der Waals surface area contributed by atoms with Crippen LogP contribution >= 0.6 is 0 Å². The van der Waals surface area contributed by atoms with E-state index in [-0.39, 0.29) is 11.4 Å². The van der Waals surface area contributed by atoms with Gasteiger partial charge in [0.2, 0.25) is 0 Å². The average molecular weight is 386 g/mol. The Labute approximate surface area is 160 Å². The van der Waals surface area contributed by atoms with Gasteiger partial charge in [0.1, 0.15) is 11.6 Å². The summed E-state index contributed by atoms with van der Waals surface area (Å²) in [6.45, 7) is 4.61. The highest BCUT2D eigenvalue weighted by Gasteiger charge is 2.18. The number of anilines is 1. The number of rotatable bonds is 5. The molecule has 0 bridgehead atoms. The normalized spacial score (nSPS) is 15.1. The first kappa shape index (κ1) is 18.5. The van der Waals surface area contributed by atoms with Gasteiger partial charge in [0, 0.05) is 36.8 Å². The lowest BCUT2D eigenvalue weighted by molar-refractivity contribution is 0.0361. The van der Waals surface area contributed by atoms with Gasteiger partial charge < -0.3 is 10.1 Å². The van der Waals surface area contributed by atoms with Gasteiger partial charge in [0.15, 0.2) is 5.69 Å². The second-order valence-electron chi connectivity index (χ2n) is 6.66. The molecule has 0 spiro atoms. The van der Waals surface area contributed by atoms with Crippen LogP contribution in [0.25, 0.3) is 10.9 Å². The van der Waals surface area contributed by atoms with Crippen LogP contribution in [-0.2, 0) is 11.3 Å². The SMILES string of the molecule is O=C(Nc1cc(F)cc(F)c1)c1nn(CCN2CCOCC2)c2ccccc12. The summed E-state index contributed by atoms with van der Waals surface area (Å²) in [7, 11) is 0. The Hall–Kier alpha value is -2.84. The first-order chi connectivity index (χ1) is 13.6. The maximum absolute atomic E-state index is 13.4. The lowest BCUT2D eigenvalue weighted by Gasteiger charge is -2.26. The van der Waals surface area contributed by atoms with Crippen molar-refractivity contribution < 1.29 is 18.3 Å². The molecule has 0 aliphatic carbocycles. The average Bonchev–Trinajstić information content (AvgIpc) is 3.05. The first-order valence-corrected chi connectivity index (χ1v) is 9.13. The topological polar surface area (TPSA) is 59.4 Å². The van der Waals surface area contributed by atoms with Crippen LogP contribution in [-0.4, -0.2) is 53.4 Å². The number of hydrogen-bond acceptors (Lipinski definition) is 4. The van der Waals surface area contributed by atoms with Gasteiger partial charge in [-0.3, -0.25) is 14.4 Å². The summed E-state index contributed by atoms with van der Waals surface area (Å²) >= 11 is 0. The van der Waals surface area contributed by atoms with Crippen molar-refractivity contribution in [3.05, 3.63) is 59.8 Å². The molecule has 1 aliphatic rings. The van der Waals surface area contributed by atoms with Crippen LogP contribution in [0.3, 0.4) is 0 Å². The van der Waals surface area contributed by atoms with Crippen molar-refractivity contribution >= 4 is 22.5 Å². The van der Waals surface area contributed by atoms with Crippen molar-refractivity contribution in [1.82, 2.24) is 14.7 Å². The molecule has 1 fully saturated rings. The van der Waals surface area contributed by atoms with Crippen molar-refractivity contribution in [3.63, 3.8) is 0 Å². The van der Waals surface area contributed by atoms with Crippen LogP contribution < -0.4 is 5.32 Å². The number of carbonyl (C=O) groups excluding carboxylic acids is 1. The molecule has 1 saturated heterocycles. The Bertz CT molecular complexity index is 979. The lowest BCUT2D eigenvalue weighted by Crippen LogP contribution is -2.38. The molecular formula is C20H20F2N4O2. The predicted molar refractivity (Wildman–Crippen MR) is 101 cm³/mol. The maximum Gasteiger partial charge on any atom is 0.276 e. The van der Waals surface area contributed by atoms with Gasteiger partial charge >= 0.3 is 0 Å². The maximum atomic E-state index is 13.4. The van der Waals surface area contributed by atoms with Crippen LogP contribution in [0.5, 0.6) is 0 Å². The molecule has 0 atom stereocenters. The number of morpholine rings is 1. The molecule has 1 aliphatic heterocycles. The van der Waals surface area contributed by atoms with Crippen LogP contribution in [0.2, 0.25) is 0 Å². The summed E-state index contributed by atoms with van der Waals surface area (Å²) < 4.78 is 33.9. The fourth-order valence-corrected chi connectivity index (χ4v) is 3.34. The van der Waals surface area contributed by atoms with Crippen molar-refractivity contribution in [1.29, 1.82) is 0 Å². The summed E-state index contributed by atoms with van der Waals surface area (Å²) in [6, 6.07) is 10.3. The van der Waals surface area contributed by atoms with E-state index in [4.69, 9.17) is 4.74 Å². The van der Waals surface area contributed by atoms with Crippen LogP contribution in [0.4, 0.5) is 14.5 Å². The molecule has 0 radical (unpaired) electrons. The van der Waals surface area contributed by atoms with E-state index in [2.05, 4.69) is 15.3 Å². The summed E-state index contributed by atoms with van der Waals surface area (Å²) in [4.78, 5) is 15.0. The predicted octanol–water partition coefficient (Wildman–Crippen LogP) is 2.90. The third-order valence-electron chi connectivity index (χ3n) is 4.73. The minimum absolute atomic E-state index is 0.0504. The molecule has 146 valence electrons. The van der Waals surface area contributed by atoms with Crippen molar-refractivity contribution in [2.45, 2.75) is 6.54 Å². The van der Waals surface area contributed by atoms with E-state index in [1.807, 2.05) is 24.3 Å². The molecule has 3 aromatic rings. The summed E-state index contributed by atoms with van der Waals surface area (Å²) in [6.07, 6.45) is 0. The number of amides is 1. The van der Waals surface area contributed by atoms with Crippen molar-refractivity contribution in [3.8, 4) is 0 Å². The molecule has 4 rings (SSSR count). The quantitative estimate of drug-likeness (QED) is 0.733. The van der Waals surface area contributed by atoms with E-state index in [1.54, 1.807) is 4.68 Å². The van der Waals surface area contributed by atoms with Crippen LogP contribution in [0, 0.1) is 11.6 Å². The molecule has 0 saturated carbocycles. The van der Waals surface area contributed by atoms with E-state index in [0.29, 0.717) is 11.9 Å². The number of aromatic nitrogens is 2. The van der Waals surface area contributed by atoms with Crippen LogP contribution in [0.1, 0.15) is 10.5 Å². The number of hydrogen-bond donors (Lipinski definition) is 1. The highest BCUT2D eigenvalue weighted by atomic mass is 19.1. The minimum atomic E-state index is -0.754. The first-order valence-electron chi connectivity index (χ1n) is 9.13. The highest BCUT2D eigenvalue weighted by molar-refractivity contribution is 6.11. The second-order valence-corrected chi connectivity index (χ2v) is 6.66. The molecule has 6 nitrogen and oxygen atoms in total. The number of para-hydroxylation sites is 1. The Kier molecular flexibility index (Phi) is 5.31. The van der Waals surface area contributed by atoms with Gasteiger partial charge in [-0.2, -0.15) is 5.10 Å². The molecule has 0 unspecified atom stereocenters. The molecule has 1 amide bonds. The zero-order valence-electron chi connectivity index (χ0n) is 15.2. The number of carbonyl (C=O) groups is 1. The number of benzene rings is 2. The summed E-state index contributed by atoms with van der Waals surface area (Å²) in [5.74, 6) is -2.02. The minimum Gasteiger partial charge on any atom is -0.379 e. The smallest absolute Gasteiger partial charge is 0.276 e. The zero-order valence-corrected chi connectivity index (χ0v) is 15.2. The van der Waals surface area contributed by atoms with Gasteiger partial charge in [-0.1, -0.05) is 18.2 Å². The number of nitrogens with one attached hydrogen (secondary N) is 1. The Balaban J connectivity index is 1.57.